The Balaban J connectivity index is 0.00000192. The monoisotopic (exact) mass is 333 g/mol. The first-order valence-electron chi connectivity index (χ1n) is 7.10. The predicted molar refractivity (Wildman–Crippen MR) is 82.5 cm³/mol. The number of phenolic OH excluding ortho intramolecular Hbond substituents is 1. The van der Waals surface area contributed by atoms with Gasteiger partial charge in [0.1, 0.15) is 5.82 Å². The fourth-order valence-electron chi connectivity index (χ4n) is 2.48. The van der Waals surface area contributed by atoms with Crippen molar-refractivity contribution in [3.05, 3.63) is 66.2 Å². The summed E-state index contributed by atoms with van der Waals surface area (Å²) in [6.07, 6.45) is 4.66. The number of rotatable bonds is 4. The summed E-state index contributed by atoms with van der Waals surface area (Å²) in [5, 5.41) is 11.9. The minimum absolute atomic E-state index is 0. The highest BCUT2D eigenvalue weighted by Gasteiger charge is 2.11. The van der Waals surface area contributed by atoms with Crippen LogP contribution in [-0.4, -0.2) is 12.2 Å². The molecule has 0 amide bonds. The highest BCUT2D eigenvalue weighted by molar-refractivity contribution is 5.88. The van der Waals surface area contributed by atoms with Gasteiger partial charge in [-0.25, -0.2) is 8.96 Å². The van der Waals surface area contributed by atoms with E-state index in [1.165, 1.54) is 19.2 Å². The lowest BCUT2D eigenvalue weighted by Gasteiger charge is -2.06. The number of pyridine rings is 1. The molecule has 1 N–H and O–H groups in total. The minimum Gasteiger partial charge on any atom is -1.00 e. The number of hydrogen-bond donors (Lipinski definition) is 1. The Morgan fingerprint density at radius 1 is 1.09 bits per heavy atom. The van der Waals surface area contributed by atoms with Gasteiger partial charge in [0, 0.05) is 12.5 Å². The number of benzene rings is 2. The van der Waals surface area contributed by atoms with Crippen LogP contribution in [0.3, 0.4) is 0 Å². The van der Waals surface area contributed by atoms with Crippen LogP contribution in [0.15, 0.2) is 54.9 Å². The molecule has 3 rings (SSSR count). The van der Waals surface area contributed by atoms with Crippen molar-refractivity contribution in [1.82, 2.24) is 0 Å². The summed E-state index contributed by atoms with van der Waals surface area (Å²) in [7, 11) is 1.53. The first-order chi connectivity index (χ1) is 10.7. The number of aromatic nitrogens is 1. The number of hydrogen-bond acceptors (Lipinski definition) is 2. The van der Waals surface area contributed by atoms with Crippen molar-refractivity contribution in [3.63, 3.8) is 0 Å². The highest BCUT2D eigenvalue weighted by atomic mass is 35.5. The van der Waals surface area contributed by atoms with Crippen LogP contribution in [0, 0.1) is 5.82 Å². The van der Waals surface area contributed by atoms with E-state index in [1.807, 2.05) is 29.1 Å². The molecule has 23 heavy (non-hydrogen) atoms. The molecule has 3 nitrogen and oxygen atoms in total. The lowest BCUT2D eigenvalue weighted by Crippen LogP contribution is -3.00. The van der Waals surface area contributed by atoms with Crippen LogP contribution in [0.25, 0.3) is 10.8 Å². The Hall–Kier alpha value is -2.33. The molecule has 5 heteroatoms. The van der Waals surface area contributed by atoms with Gasteiger partial charge in [-0.1, -0.05) is 12.1 Å². The molecule has 0 aliphatic rings. The summed E-state index contributed by atoms with van der Waals surface area (Å²) in [6.45, 7) is 0.748. The molecule has 120 valence electrons. The minimum atomic E-state index is -0.223. The number of ether oxygens (including phenoxy) is 1. The predicted octanol–water partition coefficient (Wildman–Crippen LogP) is 0.227. The van der Waals surface area contributed by atoms with E-state index >= 15 is 0 Å². The Morgan fingerprint density at radius 2 is 1.83 bits per heavy atom. The van der Waals surface area contributed by atoms with Gasteiger partial charge in [-0.3, -0.25) is 0 Å². The zero-order chi connectivity index (χ0) is 15.5. The third kappa shape index (κ3) is 3.71. The molecule has 0 fully saturated rings. The molecule has 0 saturated carbocycles. The van der Waals surface area contributed by atoms with Gasteiger partial charge in [0.25, 0.3) is 0 Å². The van der Waals surface area contributed by atoms with E-state index in [0.29, 0.717) is 5.75 Å². The van der Waals surface area contributed by atoms with Gasteiger partial charge < -0.3 is 22.3 Å². The fourth-order valence-corrected chi connectivity index (χ4v) is 2.48. The number of methoxy groups -OCH3 is 1. The van der Waals surface area contributed by atoms with Crippen molar-refractivity contribution in [2.24, 2.45) is 0 Å². The summed E-state index contributed by atoms with van der Waals surface area (Å²) in [5.41, 5.74) is 1.07. The SMILES string of the molecule is COc1ccc2cc[n+](CCc3ccc(F)cc3)cc2c1O.[Cl-]. The van der Waals surface area contributed by atoms with Crippen LogP contribution in [-0.2, 0) is 13.0 Å². The maximum absolute atomic E-state index is 12.9. The Kier molecular flexibility index (Phi) is 5.40. The molecule has 0 spiro atoms. The van der Waals surface area contributed by atoms with E-state index in [1.54, 1.807) is 18.2 Å². The van der Waals surface area contributed by atoms with Gasteiger partial charge in [0.2, 0.25) is 0 Å². The van der Waals surface area contributed by atoms with Crippen molar-refractivity contribution in [2.75, 3.05) is 7.11 Å². The van der Waals surface area contributed by atoms with Crippen molar-refractivity contribution >= 4 is 10.8 Å². The molecule has 0 bridgehead atoms. The quantitative estimate of drug-likeness (QED) is 0.693. The lowest BCUT2D eigenvalue weighted by atomic mass is 10.1. The van der Waals surface area contributed by atoms with E-state index < -0.39 is 0 Å². The second-order valence-corrected chi connectivity index (χ2v) is 5.18. The lowest BCUT2D eigenvalue weighted by molar-refractivity contribution is -0.695. The summed E-state index contributed by atoms with van der Waals surface area (Å²) in [5.74, 6) is 0.388. The van der Waals surface area contributed by atoms with Gasteiger partial charge >= 0.3 is 0 Å². The van der Waals surface area contributed by atoms with Crippen molar-refractivity contribution in [1.29, 1.82) is 0 Å². The van der Waals surface area contributed by atoms with Gasteiger partial charge in [-0.2, -0.15) is 0 Å². The topological polar surface area (TPSA) is 33.3 Å². The molecule has 0 unspecified atom stereocenters. The number of aromatic hydroxyl groups is 1. The molecule has 2 aromatic carbocycles. The van der Waals surface area contributed by atoms with Crippen molar-refractivity contribution < 1.29 is 31.2 Å². The first-order valence-corrected chi connectivity index (χ1v) is 7.10. The number of phenols is 1. The maximum atomic E-state index is 12.9. The molecular formula is C18H17ClFNO2. The molecule has 1 heterocycles. The average Bonchev–Trinajstić information content (AvgIpc) is 2.55. The van der Waals surface area contributed by atoms with Gasteiger partial charge in [-0.05, 0) is 35.2 Å². The summed E-state index contributed by atoms with van der Waals surface area (Å²) < 4.78 is 20.0. The van der Waals surface area contributed by atoms with Crippen LogP contribution < -0.4 is 21.7 Å². The number of aryl methyl sites for hydroxylation is 2. The third-order valence-electron chi connectivity index (χ3n) is 3.75. The van der Waals surface area contributed by atoms with Crippen LogP contribution in [0.2, 0.25) is 0 Å². The smallest absolute Gasteiger partial charge is 0.180 e. The standard InChI is InChI=1S/C18H16FNO2.ClH/c1-22-17-7-4-14-9-11-20(12-16(14)18(17)21)10-8-13-2-5-15(19)6-3-13;/h2-7,9,11-12H,8,10H2,1H3;1H. The Morgan fingerprint density at radius 3 is 2.52 bits per heavy atom. The fraction of sp³-hybridized carbons (Fsp3) is 0.167. The molecule has 1 aromatic heterocycles. The van der Waals surface area contributed by atoms with Crippen molar-refractivity contribution in [3.8, 4) is 11.5 Å². The second kappa shape index (κ2) is 7.29. The van der Waals surface area contributed by atoms with Gasteiger partial charge in [0.05, 0.1) is 12.5 Å². The summed E-state index contributed by atoms with van der Waals surface area (Å²) >= 11 is 0. The number of nitrogens with zero attached hydrogens (tertiary/aromatic N) is 1. The highest BCUT2D eigenvalue weighted by Crippen LogP contribution is 2.33. The van der Waals surface area contributed by atoms with E-state index in [-0.39, 0.29) is 24.0 Å². The average molecular weight is 334 g/mol. The van der Waals surface area contributed by atoms with E-state index in [0.717, 1.165) is 29.3 Å². The molecule has 3 aromatic rings. The molecular weight excluding hydrogens is 317 g/mol. The van der Waals surface area contributed by atoms with Gasteiger partial charge in [-0.15, -0.1) is 0 Å². The zero-order valence-corrected chi connectivity index (χ0v) is 13.4. The zero-order valence-electron chi connectivity index (χ0n) is 12.7. The van der Waals surface area contributed by atoms with Crippen LogP contribution in [0.4, 0.5) is 4.39 Å². The largest absolute Gasteiger partial charge is 1.00 e. The van der Waals surface area contributed by atoms with Crippen LogP contribution in [0.5, 0.6) is 11.5 Å². The summed E-state index contributed by atoms with van der Waals surface area (Å²) in [4.78, 5) is 0. The molecule has 0 atom stereocenters. The third-order valence-corrected chi connectivity index (χ3v) is 3.75. The Labute approximate surface area is 140 Å². The molecule has 0 radical (unpaired) electrons. The first kappa shape index (κ1) is 17.0. The van der Waals surface area contributed by atoms with E-state index in [9.17, 15) is 9.50 Å². The normalized spacial score (nSPS) is 10.3. The molecule has 0 aliphatic heterocycles. The van der Waals surface area contributed by atoms with Crippen LogP contribution >= 0.6 is 0 Å². The molecule has 0 aliphatic carbocycles. The van der Waals surface area contributed by atoms with Crippen molar-refractivity contribution in [2.45, 2.75) is 13.0 Å². The number of fused-ring (bicyclic) bond motifs is 1. The van der Waals surface area contributed by atoms with Crippen LogP contribution in [0.1, 0.15) is 5.56 Å². The number of halogens is 2. The Bertz CT molecular complexity index is 806. The molecule has 0 saturated heterocycles. The van der Waals surface area contributed by atoms with E-state index in [2.05, 4.69) is 0 Å². The second-order valence-electron chi connectivity index (χ2n) is 5.18. The summed E-state index contributed by atoms with van der Waals surface area (Å²) in [6, 6.07) is 12.1. The van der Waals surface area contributed by atoms with E-state index in [4.69, 9.17) is 4.74 Å². The van der Waals surface area contributed by atoms with Gasteiger partial charge in [0.15, 0.2) is 30.4 Å². The maximum Gasteiger partial charge on any atom is 0.180 e.